The molecule has 0 aliphatic carbocycles. The van der Waals surface area contributed by atoms with Crippen molar-refractivity contribution in [2.45, 2.75) is 66.9 Å². The number of aliphatic hydroxyl groups excluding tert-OH is 1. The molecular weight excluding hydrogens is 184 g/mol. The van der Waals surface area contributed by atoms with E-state index in [0.29, 0.717) is 23.7 Å². The summed E-state index contributed by atoms with van der Waals surface area (Å²) in [5.41, 5.74) is 0. The van der Waals surface area contributed by atoms with E-state index in [-0.39, 0.29) is 6.10 Å². The van der Waals surface area contributed by atoms with Crippen LogP contribution in [0.4, 0.5) is 0 Å². The lowest BCUT2D eigenvalue weighted by molar-refractivity contribution is 0.0256. The van der Waals surface area contributed by atoms with E-state index in [9.17, 15) is 5.11 Å². The summed E-state index contributed by atoms with van der Waals surface area (Å²) in [5.74, 6) is 2.18. The van der Waals surface area contributed by atoms with Gasteiger partial charge in [-0.3, -0.25) is 0 Å². The molecule has 3 unspecified atom stereocenters. The zero-order valence-corrected chi connectivity index (χ0v) is 11.5. The number of hydrogen-bond acceptors (Lipinski definition) is 1. The lowest BCUT2D eigenvalue weighted by Gasteiger charge is -2.31. The third-order valence-corrected chi connectivity index (χ3v) is 3.51. The molecule has 0 aliphatic heterocycles. The van der Waals surface area contributed by atoms with Crippen molar-refractivity contribution >= 4 is 0 Å². The van der Waals surface area contributed by atoms with E-state index in [4.69, 9.17) is 0 Å². The standard InChI is InChI=1S/C14H30O/c1-7-8-13(9-10(2)3)14(15)12(6)11(4)5/h10-15H,7-9H2,1-6H3. The molecular formula is C14H30O. The maximum atomic E-state index is 10.3. The Morgan fingerprint density at radius 1 is 1.00 bits per heavy atom. The fourth-order valence-corrected chi connectivity index (χ4v) is 2.23. The largest absolute Gasteiger partial charge is 0.393 e. The Labute approximate surface area is 96.3 Å². The number of aliphatic hydroxyl groups is 1. The first kappa shape index (κ1) is 15.0. The summed E-state index contributed by atoms with van der Waals surface area (Å²) in [6.07, 6.45) is 3.38. The van der Waals surface area contributed by atoms with Gasteiger partial charge >= 0.3 is 0 Å². The van der Waals surface area contributed by atoms with Crippen LogP contribution in [0.2, 0.25) is 0 Å². The van der Waals surface area contributed by atoms with Gasteiger partial charge in [0.2, 0.25) is 0 Å². The van der Waals surface area contributed by atoms with Crippen molar-refractivity contribution in [2.75, 3.05) is 0 Å². The maximum Gasteiger partial charge on any atom is 0.0596 e. The highest BCUT2D eigenvalue weighted by Gasteiger charge is 2.26. The highest BCUT2D eigenvalue weighted by atomic mass is 16.3. The van der Waals surface area contributed by atoms with Crippen LogP contribution in [0.3, 0.4) is 0 Å². The minimum Gasteiger partial charge on any atom is -0.393 e. The van der Waals surface area contributed by atoms with Gasteiger partial charge in [-0.2, -0.15) is 0 Å². The average molecular weight is 214 g/mol. The summed E-state index contributed by atoms with van der Waals surface area (Å²) in [4.78, 5) is 0. The predicted octanol–water partition coefficient (Wildman–Crippen LogP) is 4.10. The molecule has 3 atom stereocenters. The van der Waals surface area contributed by atoms with Crippen molar-refractivity contribution in [3.8, 4) is 0 Å². The van der Waals surface area contributed by atoms with E-state index >= 15 is 0 Å². The van der Waals surface area contributed by atoms with Gasteiger partial charge in [-0.05, 0) is 36.5 Å². The Balaban J connectivity index is 4.32. The Hall–Kier alpha value is -0.0400. The van der Waals surface area contributed by atoms with Gasteiger partial charge in [0.25, 0.3) is 0 Å². The van der Waals surface area contributed by atoms with Crippen LogP contribution < -0.4 is 0 Å². The molecule has 0 aromatic heterocycles. The molecule has 0 saturated heterocycles. The third kappa shape index (κ3) is 5.55. The molecule has 0 spiro atoms. The SMILES string of the molecule is CCCC(CC(C)C)C(O)C(C)C(C)C. The highest BCUT2D eigenvalue weighted by molar-refractivity contribution is 4.76. The minimum atomic E-state index is -0.118. The molecule has 0 rings (SSSR count). The van der Waals surface area contributed by atoms with Crippen molar-refractivity contribution in [3.05, 3.63) is 0 Å². The Kier molecular flexibility index (Phi) is 7.25. The lowest BCUT2D eigenvalue weighted by Crippen LogP contribution is -2.31. The van der Waals surface area contributed by atoms with Crippen molar-refractivity contribution in [3.63, 3.8) is 0 Å². The summed E-state index contributed by atoms with van der Waals surface area (Å²) >= 11 is 0. The van der Waals surface area contributed by atoms with Crippen molar-refractivity contribution in [2.24, 2.45) is 23.7 Å². The number of hydrogen-bond donors (Lipinski definition) is 1. The van der Waals surface area contributed by atoms with E-state index < -0.39 is 0 Å². The summed E-state index contributed by atoms with van der Waals surface area (Å²) in [6, 6.07) is 0. The van der Waals surface area contributed by atoms with Crippen LogP contribution in [0.1, 0.15) is 60.8 Å². The van der Waals surface area contributed by atoms with E-state index in [1.807, 2.05) is 0 Å². The van der Waals surface area contributed by atoms with Gasteiger partial charge in [0, 0.05) is 0 Å². The molecule has 0 aliphatic rings. The molecule has 0 bridgehead atoms. The second-order valence-electron chi connectivity index (χ2n) is 5.77. The summed E-state index contributed by atoms with van der Waals surface area (Å²) < 4.78 is 0. The molecule has 0 fully saturated rings. The molecule has 1 N–H and O–H groups in total. The molecule has 1 heteroatoms. The summed E-state index contributed by atoms with van der Waals surface area (Å²) in [5, 5.41) is 10.3. The van der Waals surface area contributed by atoms with Crippen LogP contribution in [-0.4, -0.2) is 11.2 Å². The van der Waals surface area contributed by atoms with Gasteiger partial charge in [0.1, 0.15) is 0 Å². The van der Waals surface area contributed by atoms with Crippen LogP contribution in [-0.2, 0) is 0 Å². The lowest BCUT2D eigenvalue weighted by atomic mass is 9.79. The van der Waals surface area contributed by atoms with Crippen molar-refractivity contribution in [1.82, 2.24) is 0 Å². The summed E-state index contributed by atoms with van der Waals surface area (Å²) in [6.45, 7) is 13.3. The van der Waals surface area contributed by atoms with Crippen LogP contribution >= 0.6 is 0 Å². The molecule has 0 heterocycles. The molecule has 0 aromatic carbocycles. The monoisotopic (exact) mass is 214 g/mol. The molecule has 0 aromatic rings. The first-order chi connectivity index (χ1) is 6.90. The topological polar surface area (TPSA) is 20.2 Å². The fraction of sp³-hybridized carbons (Fsp3) is 1.00. The maximum absolute atomic E-state index is 10.3. The summed E-state index contributed by atoms with van der Waals surface area (Å²) in [7, 11) is 0. The van der Waals surface area contributed by atoms with E-state index in [2.05, 4.69) is 41.5 Å². The zero-order valence-electron chi connectivity index (χ0n) is 11.5. The second-order valence-corrected chi connectivity index (χ2v) is 5.77. The normalized spacial score (nSPS) is 18.2. The first-order valence-electron chi connectivity index (χ1n) is 6.58. The average Bonchev–Trinajstić information content (AvgIpc) is 2.14. The van der Waals surface area contributed by atoms with Gasteiger partial charge in [-0.15, -0.1) is 0 Å². The Bertz CT molecular complexity index is 151. The van der Waals surface area contributed by atoms with E-state index in [1.165, 1.54) is 6.42 Å². The molecule has 0 radical (unpaired) electrons. The van der Waals surface area contributed by atoms with Crippen LogP contribution in [0, 0.1) is 23.7 Å². The van der Waals surface area contributed by atoms with Gasteiger partial charge in [-0.25, -0.2) is 0 Å². The quantitative estimate of drug-likeness (QED) is 0.676. The highest BCUT2D eigenvalue weighted by Crippen LogP contribution is 2.28. The van der Waals surface area contributed by atoms with Gasteiger partial charge in [-0.1, -0.05) is 48.0 Å². The first-order valence-corrected chi connectivity index (χ1v) is 6.58. The van der Waals surface area contributed by atoms with Crippen LogP contribution in [0.25, 0.3) is 0 Å². The minimum absolute atomic E-state index is 0.118. The Morgan fingerprint density at radius 2 is 1.53 bits per heavy atom. The van der Waals surface area contributed by atoms with Crippen LogP contribution in [0.5, 0.6) is 0 Å². The van der Waals surface area contributed by atoms with Gasteiger partial charge < -0.3 is 5.11 Å². The van der Waals surface area contributed by atoms with E-state index in [1.54, 1.807) is 0 Å². The second kappa shape index (κ2) is 7.27. The van der Waals surface area contributed by atoms with Crippen molar-refractivity contribution in [1.29, 1.82) is 0 Å². The van der Waals surface area contributed by atoms with Crippen molar-refractivity contribution < 1.29 is 5.11 Å². The smallest absolute Gasteiger partial charge is 0.0596 e. The third-order valence-electron chi connectivity index (χ3n) is 3.51. The predicted molar refractivity (Wildman–Crippen MR) is 67.9 cm³/mol. The van der Waals surface area contributed by atoms with E-state index in [0.717, 1.165) is 12.8 Å². The Morgan fingerprint density at radius 3 is 1.87 bits per heavy atom. The molecule has 0 saturated carbocycles. The van der Waals surface area contributed by atoms with Gasteiger partial charge in [0.05, 0.1) is 6.10 Å². The molecule has 1 nitrogen and oxygen atoms in total. The number of rotatable bonds is 7. The fourth-order valence-electron chi connectivity index (χ4n) is 2.23. The molecule has 15 heavy (non-hydrogen) atoms. The zero-order chi connectivity index (χ0) is 12.0. The molecule has 0 amide bonds. The van der Waals surface area contributed by atoms with Crippen LogP contribution in [0.15, 0.2) is 0 Å². The molecule has 92 valence electrons. The van der Waals surface area contributed by atoms with Gasteiger partial charge in [0.15, 0.2) is 0 Å².